The Morgan fingerprint density at radius 1 is 1.19 bits per heavy atom. The fourth-order valence-corrected chi connectivity index (χ4v) is 5.71. The van der Waals surface area contributed by atoms with Gasteiger partial charge < -0.3 is 19.9 Å². The van der Waals surface area contributed by atoms with Gasteiger partial charge >= 0.3 is 0 Å². The highest BCUT2D eigenvalue weighted by Gasteiger charge is 2.35. The molecule has 3 aliphatic rings. The molecule has 2 aromatic rings. The number of likely N-dealkylation sites (N-methyl/N-ethyl adjacent to an activating group) is 1. The summed E-state index contributed by atoms with van der Waals surface area (Å²) in [5.74, 6) is 0.891. The van der Waals surface area contributed by atoms with Crippen LogP contribution in [0.2, 0.25) is 0 Å². The first-order valence-corrected chi connectivity index (χ1v) is 11.9. The third kappa shape index (κ3) is 3.92. The van der Waals surface area contributed by atoms with Crippen LogP contribution in [0.4, 0.5) is 10.8 Å². The molecule has 1 amide bonds. The minimum Gasteiger partial charge on any atom is -0.490 e. The van der Waals surface area contributed by atoms with E-state index in [4.69, 9.17) is 9.72 Å². The number of nitrogens with one attached hydrogen (secondary N) is 1. The van der Waals surface area contributed by atoms with Crippen LogP contribution < -0.4 is 15.0 Å². The van der Waals surface area contributed by atoms with E-state index in [2.05, 4.69) is 52.2 Å². The van der Waals surface area contributed by atoms with Gasteiger partial charge in [-0.15, -0.1) is 0 Å². The van der Waals surface area contributed by atoms with Crippen molar-refractivity contribution in [1.29, 1.82) is 0 Å². The summed E-state index contributed by atoms with van der Waals surface area (Å²) in [5.41, 5.74) is 2.96. The van der Waals surface area contributed by atoms with E-state index in [1.807, 2.05) is 13.8 Å². The van der Waals surface area contributed by atoms with Crippen molar-refractivity contribution in [3.8, 4) is 5.75 Å². The topological polar surface area (TPSA) is 60.9 Å². The summed E-state index contributed by atoms with van der Waals surface area (Å²) in [7, 11) is 2.18. The Balaban J connectivity index is 1.41. The molecule has 1 aromatic heterocycles. The third-order valence-corrected chi connectivity index (χ3v) is 7.72. The minimum atomic E-state index is -0.257. The lowest BCUT2D eigenvalue weighted by molar-refractivity contribution is 0.0901. The first-order valence-electron chi connectivity index (χ1n) is 11.1. The third-order valence-electron chi connectivity index (χ3n) is 6.60. The Kier molecular flexibility index (Phi) is 5.19. The molecule has 31 heavy (non-hydrogen) atoms. The summed E-state index contributed by atoms with van der Waals surface area (Å²) >= 11 is 1.48. The summed E-state index contributed by atoms with van der Waals surface area (Å²) < 4.78 is 6.06. The lowest BCUT2D eigenvalue weighted by atomic mass is 9.94. The number of rotatable bonds is 3. The molecule has 1 N–H and O–H groups in total. The fourth-order valence-electron chi connectivity index (χ4n) is 4.69. The van der Waals surface area contributed by atoms with E-state index in [1.54, 1.807) is 0 Å². The number of piperazine rings is 1. The second-order valence-electron chi connectivity index (χ2n) is 9.53. The number of benzene rings is 1. The number of thiazole rings is 1. The van der Waals surface area contributed by atoms with Crippen LogP contribution >= 0.6 is 11.3 Å². The van der Waals surface area contributed by atoms with Crippen LogP contribution in [0, 0.1) is 0 Å². The Hall–Kier alpha value is -2.16. The summed E-state index contributed by atoms with van der Waals surface area (Å²) in [5, 5.41) is 3.96. The van der Waals surface area contributed by atoms with Crippen molar-refractivity contribution in [1.82, 2.24) is 20.1 Å². The van der Waals surface area contributed by atoms with Gasteiger partial charge in [-0.25, -0.2) is 4.98 Å². The van der Waals surface area contributed by atoms with Gasteiger partial charge in [-0.2, -0.15) is 0 Å². The number of anilines is 2. The highest BCUT2D eigenvalue weighted by Crippen LogP contribution is 2.42. The van der Waals surface area contributed by atoms with Crippen LogP contribution in [0.25, 0.3) is 0 Å². The quantitative estimate of drug-likeness (QED) is 0.790. The smallest absolute Gasteiger partial charge is 0.263 e. The Labute approximate surface area is 188 Å². The van der Waals surface area contributed by atoms with Crippen LogP contribution in [-0.2, 0) is 6.42 Å². The minimum absolute atomic E-state index is 0.0140. The fraction of sp³-hybridized carbons (Fsp3) is 0.565. The van der Waals surface area contributed by atoms with Crippen molar-refractivity contribution in [2.24, 2.45) is 0 Å². The molecular weight excluding hydrogens is 410 g/mol. The monoisotopic (exact) mass is 441 g/mol. The van der Waals surface area contributed by atoms with Gasteiger partial charge in [-0.3, -0.25) is 9.69 Å². The maximum Gasteiger partial charge on any atom is 0.263 e. The van der Waals surface area contributed by atoms with Crippen molar-refractivity contribution in [2.45, 2.75) is 38.8 Å². The van der Waals surface area contributed by atoms with Crippen molar-refractivity contribution < 1.29 is 9.53 Å². The molecule has 0 aliphatic carbocycles. The van der Waals surface area contributed by atoms with Crippen LogP contribution in [0.1, 0.15) is 47.7 Å². The average Bonchev–Trinajstić information content (AvgIpc) is 3.16. The van der Waals surface area contributed by atoms with E-state index in [-0.39, 0.29) is 11.4 Å². The number of nitrogens with zero attached hydrogens (tertiary/aromatic N) is 4. The number of fused-ring (bicyclic) bond motifs is 2. The predicted octanol–water partition coefficient (Wildman–Crippen LogP) is 3.05. The number of carbonyl (C=O) groups excluding carboxylic acids is 1. The summed E-state index contributed by atoms with van der Waals surface area (Å²) in [6.45, 7) is 12.1. The van der Waals surface area contributed by atoms with E-state index < -0.39 is 0 Å². The van der Waals surface area contributed by atoms with Gasteiger partial charge in [-0.1, -0.05) is 17.4 Å². The Morgan fingerprint density at radius 3 is 2.74 bits per heavy atom. The van der Waals surface area contributed by atoms with Crippen LogP contribution in [0.3, 0.4) is 0 Å². The second kappa shape index (κ2) is 7.76. The molecular formula is C23H31N5O2S. The molecule has 0 bridgehead atoms. The first-order chi connectivity index (χ1) is 14.8. The number of aromatic nitrogens is 1. The predicted molar refractivity (Wildman–Crippen MR) is 124 cm³/mol. The highest BCUT2D eigenvalue weighted by molar-refractivity contribution is 7.17. The molecule has 0 radical (unpaired) electrons. The van der Waals surface area contributed by atoms with Gasteiger partial charge in [-0.05, 0) is 45.5 Å². The maximum atomic E-state index is 12.5. The Morgan fingerprint density at radius 2 is 1.97 bits per heavy atom. The molecule has 1 unspecified atom stereocenters. The lowest BCUT2D eigenvalue weighted by Crippen LogP contribution is -2.48. The lowest BCUT2D eigenvalue weighted by Gasteiger charge is -2.37. The summed E-state index contributed by atoms with van der Waals surface area (Å²) in [6.07, 6.45) is 0.753. The van der Waals surface area contributed by atoms with Crippen molar-refractivity contribution in [3.63, 3.8) is 0 Å². The van der Waals surface area contributed by atoms with Crippen molar-refractivity contribution >= 4 is 28.1 Å². The maximum absolute atomic E-state index is 12.5. The summed E-state index contributed by atoms with van der Waals surface area (Å²) in [4.78, 5) is 25.3. The number of hydrogen-bond acceptors (Lipinski definition) is 7. The molecule has 0 spiro atoms. The average molecular weight is 442 g/mol. The molecule has 7 nitrogen and oxygen atoms in total. The molecule has 5 rings (SSSR count). The van der Waals surface area contributed by atoms with Crippen molar-refractivity contribution in [2.75, 3.05) is 51.3 Å². The van der Waals surface area contributed by atoms with Gasteiger partial charge in [0.15, 0.2) is 5.13 Å². The number of carbonyl (C=O) groups is 1. The zero-order valence-corrected chi connectivity index (χ0v) is 19.6. The van der Waals surface area contributed by atoms with Gasteiger partial charge in [0, 0.05) is 44.2 Å². The van der Waals surface area contributed by atoms with Gasteiger partial charge in [0.25, 0.3) is 5.91 Å². The van der Waals surface area contributed by atoms with E-state index in [0.717, 1.165) is 66.3 Å². The molecule has 3 aliphatic heterocycles. The normalized spacial score (nSPS) is 22.3. The molecule has 166 valence electrons. The van der Waals surface area contributed by atoms with Gasteiger partial charge in [0.1, 0.15) is 17.2 Å². The van der Waals surface area contributed by atoms with E-state index in [1.165, 1.54) is 16.9 Å². The zero-order valence-electron chi connectivity index (χ0n) is 18.8. The number of amides is 1. The molecule has 4 heterocycles. The molecule has 1 fully saturated rings. The van der Waals surface area contributed by atoms with Gasteiger partial charge in [0.05, 0.1) is 17.9 Å². The van der Waals surface area contributed by atoms with E-state index >= 15 is 0 Å². The van der Waals surface area contributed by atoms with Crippen molar-refractivity contribution in [3.05, 3.63) is 34.3 Å². The molecule has 1 saturated heterocycles. The second-order valence-corrected chi connectivity index (χ2v) is 10.5. The van der Waals surface area contributed by atoms with Crippen LogP contribution in [0.15, 0.2) is 18.2 Å². The molecule has 8 heteroatoms. The molecule has 0 saturated carbocycles. The standard InChI is InChI=1S/C23H31N5O2S/c1-15(27-9-7-26(4)8-10-27)16-5-6-18-19(13-16)30-12-11-28(18)22-24-17-14-23(2,3)25-21(29)20(17)31-22/h5-6,13,15H,7-12,14H2,1-4H3,(H,25,29). The summed E-state index contributed by atoms with van der Waals surface area (Å²) in [6, 6.07) is 6.91. The van der Waals surface area contributed by atoms with E-state index in [0.29, 0.717) is 12.6 Å². The van der Waals surface area contributed by atoms with E-state index in [9.17, 15) is 4.79 Å². The molecule has 1 atom stereocenters. The number of hydrogen-bond donors (Lipinski definition) is 1. The largest absolute Gasteiger partial charge is 0.490 e. The first kappa shape index (κ1) is 20.7. The van der Waals surface area contributed by atoms with Gasteiger partial charge in [0.2, 0.25) is 0 Å². The molecule has 1 aromatic carbocycles. The van der Waals surface area contributed by atoms with Crippen LogP contribution in [-0.4, -0.2) is 72.6 Å². The SMILES string of the molecule is CC(c1ccc2c(c1)OCCN2c1nc2c(s1)C(=O)NC(C)(C)C2)N1CCN(C)CC1. The number of ether oxygens (including phenoxy) is 1. The van der Waals surface area contributed by atoms with Crippen LogP contribution in [0.5, 0.6) is 5.75 Å². The highest BCUT2D eigenvalue weighted by atomic mass is 32.1. The zero-order chi connectivity index (χ0) is 21.8. The Bertz CT molecular complexity index is 996.